The number of aliphatic hydroxyl groups excluding tert-OH is 1. The number of nitrogens with one attached hydrogen (secondary N) is 1. The van der Waals surface area contributed by atoms with Crippen molar-refractivity contribution in [2.75, 3.05) is 18.0 Å². The first kappa shape index (κ1) is 13.6. The van der Waals surface area contributed by atoms with Gasteiger partial charge in [0.05, 0.1) is 5.56 Å². The van der Waals surface area contributed by atoms with Crippen LogP contribution in [0, 0.1) is 17.2 Å². The monoisotopic (exact) mass is 283 g/mol. The molecule has 1 aliphatic heterocycles. The van der Waals surface area contributed by atoms with Gasteiger partial charge in [0.2, 0.25) is 0 Å². The number of aliphatic hydroxyl groups is 1. The van der Waals surface area contributed by atoms with E-state index in [0.29, 0.717) is 11.4 Å². The third-order valence-electron chi connectivity index (χ3n) is 3.99. The molecule has 2 N–H and O–H groups in total. The molecule has 0 spiro atoms. The standard InChI is InChI=1S/C15H17N5O/c16-10-12-2-1-5-19-15(12)20-8-3-11(4-9-20)13(21)14-17-6-7-18-14/h1-2,5-7,11,13,21H,3-4,8-9H2,(H,17,18). The molecule has 108 valence electrons. The van der Waals surface area contributed by atoms with Crippen molar-refractivity contribution >= 4 is 5.82 Å². The van der Waals surface area contributed by atoms with E-state index in [4.69, 9.17) is 5.26 Å². The van der Waals surface area contributed by atoms with Gasteiger partial charge in [-0.2, -0.15) is 5.26 Å². The fraction of sp³-hybridized carbons (Fsp3) is 0.400. The lowest BCUT2D eigenvalue weighted by Crippen LogP contribution is -2.36. The lowest BCUT2D eigenvalue weighted by Gasteiger charge is -2.34. The first-order chi connectivity index (χ1) is 10.3. The summed E-state index contributed by atoms with van der Waals surface area (Å²) in [6, 6.07) is 5.74. The molecule has 2 aromatic rings. The van der Waals surface area contributed by atoms with Crippen LogP contribution in [0.2, 0.25) is 0 Å². The Bertz CT molecular complexity index is 626. The van der Waals surface area contributed by atoms with Gasteiger partial charge < -0.3 is 15.0 Å². The average Bonchev–Trinajstić information content (AvgIpc) is 3.09. The summed E-state index contributed by atoms with van der Waals surface area (Å²) in [5.74, 6) is 1.55. The van der Waals surface area contributed by atoms with Gasteiger partial charge in [-0.3, -0.25) is 0 Å². The number of hydrogen-bond acceptors (Lipinski definition) is 5. The van der Waals surface area contributed by atoms with Gasteiger partial charge >= 0.3 is 0 Å². The van der Waals surface area contributed by atoms with Crippen molar-refractivity contribution in [3.8, 4) is 6.07 Å². The molecular formula is C15H17N5O. The Hall–Kier alpha value is -2.39. The maximum absolute atomic E-state index is 10.3. The second-order valence-electron chi connectivity index (χ2n) is 5.23. The zero-order valence-corrected chi connectivity index (χ0v) is 11.6. The van der Waals surface area contributed by atoms with E-state index in [0.717, 1.165) is 31.7 Å². The van der Waals surface area contributed by atoms with Gasteiger partial charge in [-0.25, -0.2) is 9.97 Å². The minimum Gasteiger partial charge on any atom is -0.385 e. The molecule has 0 aliphatic carbocycles. The highest BCUT2D eigenvalue weighted by Gasteiger charge is 2.28. The van der Waals surface area contributed by atoms with E-state index < -0.39 is 6.10 Å². The highest BCUT2D eigenvalue weighted by atomic mass is 16.3. The third-order valence-corrected chi connectivity index (χ3v) is 3.99. The zero-order chi connectivity index (χ0) is 14.7. The van der Waals surface area contributed by atoms with E-state index in [9.17, 15) is 5.11 Å². The van der Waals surface area contributed by atoms with E-state index in [1.807, 2.05) is 0 Å². The minimum atomic E-state index is -0.554. The lowest BCUT2D eigenvalue weighted by atomic mass is 9.90. The lowest BCUT2D eigenvalue weighted by molar-refractivity contribution is 0.0856. The fourth-order valence-electron chi connectivity index (χ4n) is 2.83. The predicted octanol–water partition coefficient (Wildman–Crippen LogP) is 1.63. The number of H-pyrrole nitrogens is 1. The quantitative estimate of drug-likeness (QED) is 0.893. The molecule has 1 saturated heterocycles. The number of nitrogens with zero attached hydrogens (tertiary/aromatic N) is 4. The smallest absolute Gasteiger partial charge is 0.146 e. The van der Waals surface area contributed by atoms with Gasteiger partial charge in [-0.15, -0.1) is 0 Å². The molecule has 6 nitrogen and oxygen atoms in total. The second-order valence-corrected chi connectivity index (χ2v) is 5.23. The Kier molecular flexibility index (Phi) is 3.84. The molecule has 1 unspecified atom stereocenters. The van der Waals surface area contributed by atoms with Crippen molar-refractivity contribution in [1.29, 1.82) is 5.26 Å². The Morgan fingerprint density at radius 3 is 2.81 bits per heavy atom. The molecule has 0 radical (unpaired) electrons. The Balaban J connectivity index is 1.67. The molecular weight excluding hydrogens is 266 g/mol. The molecule has 0 bridgehead atoms. The molecule has 0 aromatic carbocycles. The van der Waals surface area contributed by atoms with Crippen molar-refractivity contribution in [1.82, 2.24) is 15.0 Å². The number of aromatic nitrogens is 3. The molecule has 2 aromatic heterocycles. The molecule has 6 heteroatoms. The van der Waals surface area contributed by atoms with Crippen LogP contribution in [0.15, 0.2) is 30.7 Å². The third kappa shape index (κ3) is 2.73. The zero-order valence-electron chi connectivity index (χ0n) is 11.6. The molecule has 1 aliphatic rings. The number of rotatable bonds is 3. The first-order valence-corrected chi connectivity index (χ1v) is 7.07. The summed E-state index contributed by atoms with van der Waals surface area (Å²) < 4.78 is 0. The van der Waals surface area contributed by atoms with Gasteiger partial charge in [0.25, 0.3) is 0 Å². The Morgan fingerprint density at radius 2 is 2.14 bits per heavy atom. The summed E-state index contributed by atoms with van der Waals surface area (Å²) in [6.45, 7) is 1.57. The molecule has 1 atom stereocenters. The molecule has 3 heterocycles. The van der Waals surface area contributed by atoms with Crippen LogP contribution >= 0.6 is 0 Å². The van der Waals surface area contributed by atoms with Crippen molar-refractivity contribution in [2.24, 2.45) is 5.92 Å². The molecule has 3 rings (SSSR count). The van der Waals surface area contributed by atoms with E-state index in [2.05, 4.69) is 25.9 Å². The average molecular weight is 283 g/mol. The highest BCUT2D eigenvalue weighted by molar-refractivity contribution is 5.53. The first-order valence-electron chi connectivity index (χ1n) is 7.07. The van der Waals surface area contributed by atoms with E-state index in [1.54, 1.807) is 30.7 Å². The maximum atomic E-state index is 10.3. The van der Waals surface area contributed by atoms with Crippen molar-refractivity contribution < 1.29 is 5.11 Å². The number of aromatic amines is 1. The van der Waals surface area contributed by atoms with Gasteiger partial charge in [-0.1, -0.05) is 0 Å². The topological polar surface area (TPSA) is 88.8 Å². The van der Waals surface area contributed by atoms with Crippen LogP contribution in [-0.4, -0.2) is 33.1 Å². The normalized spacial score (nSPS) is 17.4. The van der Waals surface area contributed by atoms with Crippen molar-refractivity contribution in [3.05, 3.63) is 42.1 Å². The van der Waals surface area contributed by atoms with E-state index >= 15 is 0 Å². The van der Waals surface area contributed by atoms with Gasteiger partial charge in [0.1, 0.15) is 23.8 Å². The second kappa shape index (κ2) is 5.94. The molecule has 0 saturated carbocycles. The SMILES string of the molecule is N#Cc1cccnc1N1CCC(C(O)c2ncc[nH]2)CC1. The summed E-state index contributed by atoms with van der Waals surface area (Å²) >= 11 is 0. The summed E-state index contributed by atoms with van der Waals surface area (Å²) in [4.78, 5) is 13.5. The van der Waals surface area contributed by atoms with Crippen molar-refractivity contribution in [3.63, 3.8) is 0 Å². The van der Waals surface area contributed by atoms with Crippen LogP contribution in [0.3, 0.4) is 0 Å². The largest absolute Gasteiger partial charge is 0.385 e. The summed E-state index contributed by atoms with van der Waals surface area (Å²) in [7, 11) is 0. The number of anilines is 1. The van der Waals surface area contributed by atoms with Crippen molar-refractivity contribution in [2.45, 2.75) is 18.9 Å². The van der Waals surface area contributed by atoms with Crippen LogP contribution in [0.4, 0.5) is 5.82 Å². The van der Waals surface area contributed by atoms with Crippen LogP contribution in [0.25, 0.3) is 0 Å². The Morgan fingerprint density at radius 1 is 1.33 bits per heavy atom. The van der Waals surface area contributed by atoms with Crippen LogP contribution in [0.5, 0.6) is 0 Å². The Labute approximate surface area is 123 Å². The van der Waals surface area contributed by atoms with Crippen LogP contribution < -0.4 is 4.90 Å². The van der Waals surface area contributed by atoms with Gasteiger partial charge in [0, 0.05) is 31.7 Å². The number of nitriles is 1. The number of piperidine rings is 1. The number of hydrogen-bond donors (Lipinski definition) is 2. The van der Waals surface area contributed by atoms with E-state index in [1.165, 1.54) is 0 Å². The maximum Gasteiger partial charge on any atom is 0.146 e. The molecule has 21 heavy (non-hydrogen) atoms. The van der Waals surface area contributed by atoms with Gasteiger partial charge in [-0.05, 0) is 30.9 Å². The summed E-state index contributed by atoms with van der Waals surface area (Å²) in [5, 5.41) is 19.5. The molecule has 0 amide bonds. The minimum absolute atomic E-state index is 0.182. The highest BCUT2D eigenvalue weighted by Crippen LogP contribution is 2.31. The number of pyridine rings is 1. The van der Waals surface area contributed by atoms with Crippen LogP contribution in [0.1, 0.15) is 30.3 Å². The predicted molar refractivity (Wildman–Crippen MR) is 77.4 cm³/mol. The van der Waals surface area contributed by atoms with Gasteiger partial charge in [0.15, 0.2) is 0 Å². The fourth-order valence-corrected chi connectivity index (χ4v) is 2.83. The van der Waals surface area contributed by atoms with E-state index in [-0.39, 0.29) is 5.92 Å². The summed E-state index contributed by atoms with van der Waals surface area (Å²) in [6.07, 6.45) is 6.23. The summed E-state index contributed by atoms with van der Waals surface area (Å²) in [5.41, 5.74) is 0.600. The van der Waals surface area contributed by atoms with Crippen LogP contribution in [-0.2, 0) is 0 Å². The molecule has 1 fully saturated rings. The number of imidazole rings is 1.